The average Bonchev–Trinajstić information content (AvgIpc) is 3.39. The number of amides is 1. The number of hydrogen-bond acceptors (Lipinski definition) is 5. The van der Waals surface area contributed by atoms with Crippen molar-refractivity contribution in [1.82, 2.24) is 9.88 Å². The Morgan fingerprint density at radius 3 is 2.97 bits per heavy atom. The van der Waals surface area contributed by atoms with Gasteiger partial charge in [0.15, 0.2) is 0 Å². The fourth-order valence-corrected chi connectivity index (χ4v) is 5.87. The molecule has 1 fully saturated rings. The van der Waals surface area contributed by atoms with Crippen molar-refractivity contribution < 1.29 is 14.7 Å². The number of carboxylic acids is 1. The van der Waals surface area contributed by atoms with Crippen molar-refractivity contribution in [3.05, 3.63) is 44.2 Å². The number of anilines is 1. The van der Waals surface area contributed by atoms with E-state index in [9.17, 15) is 14.7 Å². The molecule has 2 aliphatic rings. The quantitative estimate of drug-likeness (QED) is 0.602. The zero-order valence-electron chi connectivity index (χ0n) is 16.8. The number of halogens is 1. The average molecular weight is 492 g/mol. The van der Waals surface area contributed by atoms with E-state index in [2.05, 4.69) is 33.4 Å². The lowest BCUT2D eigenvalue weighted by Gasteiger charge is -2.22. The number of carbonyl (C=O) groups is 2. The van der Waals surface area contributed by atoms with Crippen LogP contribution in [0.5, 0.6) is 0 Å². The Morgan fingerprint density at radius 2 is 2.20 bits per heavy atom. The second-order valence-electron chi connectivity index (χ2n) is 8.11. The highest BCUT2D eigenvalue weighted by Crippen LogP contribution is 2.34. The smallest absolute Gasteiger partial charge is 0.304 e. The zero-order valence-corrected chi connectivity index (χ0v) is 19.2. The summed E-state index contributed by atoms with van der Waals surface area (Å²) in [5.41, 5.74) is 2.40. The Balaban J connectivity index is 1.35. The van der Waals surface area contributed by atoms with Gasteiger partial charge in [-0.25, -0.2) is 4.98 Å². The zero-order chi connectivity index (χ0) is 21.1. The molecular weight excluding hydrogens is 466 g/mol. The molecular formula is C22H26BrN3O3S. The topological polar surface area (TPSA) is 82.5 Å². The highest BCUT2D eigenvalue weighted by Gasteiger charge is 2.33. The summed E-state index contributed by atoms with van der Waals surface area (Å²) in [5.74, 6) is -0.155. The lowest BCUT2D eigenvalue weighted by molar-refractivity contribution is -0.141. The van der Waals surface area contributed by atoms with Crippen LogP contribution in [0, 0.1) is 5.92 Å². The van der Waals surface area contributed by atoms with E-state index in [0.717, 1.165) is 58.8 Å². The van der Waals surface area contributed by atoms with E-state index in [4.69, 9.17) is 4.98 Å². The number of carboxylic acid groups (broad SMARTS) is 1. The van der Waals surface area contributed by atoms with E-state index in [0.29, 0.717) is 19.0 Å². The third kappa shape index (κ3) is 5.03. The van der Waals surface area contributed by atoms with Gasteiger partial charge >= 0.3 is 5.97 Å². The number of aromatic nitrogens is 1. The fraction of sp³-hybridized carbons (Fsp3) is 0.500. The molecule has 0 saturated carbocycles. The molecule has 1 amide bonds. The number of nitrogens with zero attached hydrogens (tertiary/aromatic N) is 2. The van der Waals surface area contributed by atoms with E-state index in [1.807, 2.05) is 17.0 Å². The number of nitrogens with one attached hydrogen (secondary N) is 1. The number of fused-ring (bicyclic) bond motifs is 1. The minimum Gasteiger partial charge on any atom is -0.481 e. The molecule has 0 bridgehead atoms. The van der Waals surface area contributed by atoms with Gasteiger partial charge in [-0.15, -0.1) is 11.3 Å². The highest BCUT2D eigenvalue weighted by molar-refractivity contribution is 9.11. The van der Waals surface area contributed by atoms with Crippen LogP contribution in [0.1, 0.15) is 47.7 Å². The second kappa shape index (κ2) is 9.47. The maximum absolute atomic E-state index is 13.1. The SMILES string of the molecule is O=C(O)C[C@H](C(=O)N1CC[C@@H](CCc2ccc3c(n2)NCCC3)C1)c1ccc(Br)s1. The van der Waals surface area contributed by atoms with Crippen molar-refractivity contribution in [3.8, 4) is 0 Å². The molecule has 0 spiro atoms. The van der Waals surface area contributed by atoms with Crippen LogP contribution in [0.4, 0.5) is 5.82 Å². The minimum atomic E-state index is -0.944. The predicted octanol–water partition coefficient (Wildman–Crippen LogP) is 4.30. The number of carbonyl (C=O) groups excluding carboxylic acids is 1. The number of hydrogen-bond donors (Lipinski definition) is 2. The van der Waals surface area contributed by atoms with Crippen molar-refractivity contribution in [2.45, 2.75) is 44.4 Å². The van der Waals surface area contributed by atoms with E-state index in [-0.39, 0.29) is 12.3 Å². The van der Waals surface area contributed by atoms with E-state index >= 15 is 0 Å². The van der Waals surface area contributed by atoms with Gasteiger partial charge in [-0.2, -0.15) is 0 Å². The molecule has 6 nitrogen and oxygen atoms in total. The molecule has 2 aliphatic heterocycles. The predicted molar refractivity (Wildman–Crippen MR) is 121 cm³/mol. The van der Waals surface area contributed by atoms with Gasteiger partial charge in [0.25, 0.3) is 0 Å². The van der Waals surface area contributed by atoms with Crippen LogP contribution in [0.3, 0.4) is 0 Å². The Hall–Kier alpha value is -1.93. The molecule has 2 aromatic rings. The van der Waals surface area contributed by atoms with Crippen molar-refractivity contribution in [3.63, 3.8) is 0 Å². The summed E-state index contributed by atoms with van der Waals surface area (Å²) in [7, 11) is 0. The number of aliphatic carboxylic acids is 1. The molecule has 8 heteroatoms. The van der Waals surface area contributed by atoms with Crippen LogP contribution in [0.15, 0.2) is 28.1 Å². The first kappa shape index (κ1) is 21.3. The molecule has 2 atom stereocenters. The Labute approximate surface area is 188 Å². The van der Waals surface area contributed by atoms with Crippen molar-refractivity contribution >= 4 is 45.0 Å². The lowest BCUT2D eigenvalue weighted by Crippen LogP contribution is -2.34. The van der Waals surface area contributed by atoms with E-state index < -0.39 is 11.9 Å². The first-order valence-electron chi connectivity index (χ1n) is 10.5. The van der Waals surface area contributed by atoms with Crippen LogP contribution in [0.2, 0.25) is 0 Å². The standard InChI is InChI=1S/C22H26BrN3O3S/c23-19-8-7-18(30-19)17(12-20(27)28)22(29)26-11-9-14(13-26)3-5-16-6-4-15-2-1-10-24-21(15)25-16/h4,6-8,14,17H,1-3,5,9-13H2,(H,24,25)(H,27,28)/t14-,17+/m1/s1. The number of thiophene rings is 1. The van der Waals surface area contributed by atoms with Gasteiger partial charge in [-0.05, 0) is 77.7 Å². The van der Waals surface area contributed by atoms with Gasteiger partial charge in [0.05, 0.1) is 16.1 Å². The van der Waals surface area contributed by atoms with Gasteiger partial charge in [0.2, 0.25) is 5.91 Å². The maximum atomic E-state index is 13.1. The lowest BCUT2D eigenvalue weighted by atomic mass is 9.99. The minimum absolute atomic E-state index is 0.0645. The molecule has 2 N–H and O–H groups in total. The van der Waals surface area contributed by atoms with E-state index in [1.165, 1.54) is 16.9 Å². The molecule has 0 aromatic carbocycles. The fourth-order valence-electron chi connectivity index (χ4n) is 4.35. The molecule has 2 aromatic heterocycles. The monoisotopic (exact) mass is 491 g/mol. The first-order chi connectivity index (χ1) is 14.5. The second-order valence-corrected chi connectivity index (χ2v) is 10.6. The van der Waals surface area contributed by atoms with Crippen molar-refractivity contribution in [1.29, 1.82) is 0 Å². The van der Waals surface area contributed by atoms with Gasteiger partial charge in [0.1, 0.15) is 5.82 Å². The summed E-state index contributed by atoms with van der Waals surface area (Å²) in [6.07, 6.45) is 4.93. The molecule has 30 heavy (non-hydrogen) atoms. The van der Waals surface area contributed by atoms with Crippen LogP contribution in [-0.2, 0) is 22.4 Å². The summed E-state index contributed by atoms with van der Waals surface area (Å²) < 4.78 is 0.909. The summed E-state index contributed by atoms with van der Waals surface area (Å²) in [5, 5.41) is 12.7. The summed E-state index contributed by atoms with van der Waals surface area (Å²) >= 11 is 4.85. The van der Waals surface area contributed by atoms with Crippen molar-refractivity contribution in [2.24, 2.45) is 5.92 Å². The molecule has 0 aliphatic carbocycles. The molecule has 4 rings (SSSR count). The normalized spacial score (nSPS) is 19.2. The Bertz CT molecular complexity index is 932. The molecule has 160 valence electrons. The van der Waals surface area contributed by atoms with Gasteiger partial charge < -0.3 is 15.3 Å². The Morgan fingerprint density at radius 1 is 1.33 bits per heavy atom. The first-order valence-corrected chi connectivity index (χ1v) is 12.1. The molecule has 4 heterocycles. The maximum Gasteiger partial charge on any atom is 0.304 e. The molecule has 1 saturated heterocycles. The van der Waals surface area contributed by atoms with E-state index in [1.54, 1.807) is 0 Å². The summed E-state index contributed by atoms with van der Waals surface area (Å²) in [6.45, 7) is 2.39. The molecule has 0 unspecified atom stereocenters. The highest BCUT2D eigenvalue weighted by atomic mass is 79.9. The summed E-state index contributed by atoms with van der Waals surface area (Å²) in [4.78, 5) is 31.9. The number of pyridine rings is 1. The van der Waals surface area contributed by atoms with Crippen LogP contribution >= 0.6 is 27.3 Å². The van der Waals surface area contributed by atoms with Gasteiger partial charge in [-0.1, -0.05) is 6.07 Å². The Kier molecular flexibility index (Phi) is 6.73. The third-order valence-electron chi connectivity index (χ3n) is 5.97. The summed E-state index contributed by atoms with van der Waals surface area (Å²) in [6, 6.07) is 8.03. The van der Waals surface area contributed by atoms with Crippen LogP contribution < -0.4 is 5.32 Å². The van der Waals surface area contributed by atoms with Gasteiger partial charge in [-0.3, -0.25) is 9.59 Å². The van der Waals surface area contributed by atoms with Crippen LogP contribution in [0.25, 0.3) is 0 Å². The van der Waals surface area contributed by atoms with Crippen molar-refractivity contribution in [2.75, 3.05) is 25.0 Å². The van der Waals surface area contributed by atoms with Crippen LogP contribution in [-0.4, -0.2) is 46.5 Å². The number of rotatable bonds is 7. The third-order valence-corrected chi connectivity index (χ3v) is 7.71. The number of aryl methyl sites for hydroxylation is 2. The number of likely N-dealkylation sites (tertiary alicyclic amines) is 1. The van der Waals surface area contributed by atoms with Gasteiger partial charge in [0, 0.05) is 30.2 Å². The molecule has 0 radical (unpaired) electrons. The largest absolute Gasteiger partial charge is 0.481 e.